The molecule has 0 unspecified atom stereocenters. The molecule has 0 atom stereocenters. The van der Waals surface area contributed by atoms with Crippen molar-refractivity contribution in [2.75, 3.05) is 11.9 Å². The molecule has 1 aromatic heterocycles. The number of hydrogen-bond acceptors (Lipinski definition) is 8. The van der Waals surface area contributed by atoms with Gasteiger partial charge in [-0.3, -0.25) is 5.32 Å². The van der Waals surface area contributed by atoms with Crippen molar-refractivity contribution in [3.63, 3.8) is 0 Å². The number of urea groups is 1. The Labute approximate surface area is 177 Å². The van der Waals surface area contributed by atoms with E-state index in [1.165, 1.54) is 24.3 Å². The van der Waals surface area contributed by atoms with Crippen LogP contribution in [0, 0.1) is 0 Å². The van der Waals surface area contributed by atoms with Crippen molar-refractivity contribution in [3.05, 3.63) is 59.6 Å². The number of amides is 2. The van der Waals surface area contributed by atoms with Crippen LogP contribution in [0.3, 0.4) is 0 Å². The van der Waals surface area contributed by atoms with E-state index in [9.17, 15) is 13.2 Å². The first-order chi connectivity index (χ1) is 14.3. The van der Waals surface area contributed by atoms with Gasteiger partial charge in [-0.1, -0.05) is 41.9 Å². The number of halogens is 1. The lowest BCUT2D eigenvalue weighted by molar-refractivity contribution is 0.255. The molecule has 0 radical (unpaired) electrons. The SMILES string of the molecule is CCOc1nc(NC(=O)NS(=O)(=O)Oc2ccc(Cl)cc2)nc(-c2ccccc2)n1. The molecule has 10 nitrogen and oxygen atoms in total. The molecule has 0 bridgehead atoms. The van der Waals surface area contributed by atoms with Gasteiger partial charge in [0, 0.05) is 10.6 Å². The standard InChI is InChI=1S/C18H16ClN5O5S/c1-2-28-18-21-15(12-6-4-3-5-7-12)20-16(23-18)22-17(25)24-30(26,27)29-14-10-8-13(19)9-11-14/h3-11H,2H2,1H3,(H2,20,21,22,23,24,25). The number of benzene rings is 2. The molecule has 0 spiro atoms. The highest BCUT2D eigenvalue weighted by Crippen LogP contribution is 2.19. The van der Waals surface area contributed by atoms with E-state index in [0.717, 1.165) is 0 Å². The maximum Gasteiger partial charge on any atom is 0.411 e. The molecule has 30 heavy (non-hydrogen) atoms. The second-order valence-corrected chi connectivity index (χ2v) is 7.33. The number of ether oxygens (including phenoxy) is 1. The van der Waals surface area contributed by atoms with Crippen LogP contribution in [0.5, 0.6) is 11.8 Å². The topological polar surface area (TPSA) is 132 Å². The minimum atomic E-state index is -4.46. The van der Waals surface area contributed by atoms with Gasteiger partial charge >= 0.3 is 22.3 Å². The van der Waals surface area contributed by atoms with E-state index < -0.39 is 16.3 Å². The highest BCUT2D eigenvalue weighted by atomic mass is 35.5. The third kappa shape index (κ3) is 6.03. The van der Waals surface area contributed by atoms with Crippen molar-refractivity contribution in [1.82, 2.24) is 19.7 Å². The maximum atomic E-state index is 12.1. The zero-order chi connectivity index (χ0) is 21.6. The highest BCUT2D eigenvalue weighted by molar-refractivity contribution is 7.85. The van der Waals surface area contributed by atoms with Crippen molar-refractivity contribution >= 4 is 33.9 Å². The molecular weight excluding hydrogens is 434 g/mol. The van der Waals surface area contributed by atoms with Crippen LogP contribution in [0.2, 0.25) is 5.02 Å². The Balaban J connectivity index is 1.75. The number of rotatable bonds is 7. The smallest absolute Gasteiger partial charge is 0.411 e. The van der Waals surface area contributed by atoms with Gasteiger partial charge in [-0.15, -0.1) is 0 Å². The normalized spacial score (nSPS) is 10.9. The van der Waals surface area contributed by atoms with Crippen LogP contribution in [-0.2, 0) is 10.3 Å². The van der Waals surface area contributed by atoms with Crippen molar-refractivity contribution in [2.45, 2.75) is 6.92 Å². The molecule has 3 aromatic rings. The second kappa shape index (κ2) is 9.37. The zero-order valence-corrected chi connectivity index (χ0v) is 17.1. The molecule has 0 fully saturated rings. The van der Waals surface area contributed by atoms with Crippen LogP contribution in [0.15, 0.2) is 54.6 Å². The lowest BCUT2D eigenvalue weighted by Gasteiger charge is -2.10. The van der Waals surface area contributed by atoms with Gasteiger partial charge in [0.15, 0.2) is 5.82 Å². The molecule has 2 amide bonds. The van der Waals surface area contributed by atoms with E-state index in [0.29, 0.717) is 10.6 Å². The monoisotopic (exact) mass is 449 g/mol. The Bertz CT molecular complexity index is 1130. The van der Waals surface area contributed by atoms with E-state index in [1.54, 1.807) is 35.9 Å². The predicted molar refractivity (Wildman–Crippen MR) is 110 cm³/mol. The number of carbonyl (C=O) groups excluding carboxylic acids is 1. The first-order valence-electron chi connectivity index (χ1n) is 8.57. The van der Waals surface area contributed by atoms with Crippen molar-refractivity contribution in [3.8, 4) is 23.1 Å². The summed E-state index contributed by atoms with van der Waals surface area (Å²) in [5, 5.41) is 2.63. The molecule has 0 aliphatic heterocycles. The number of hydrogen-bond donors (Lipinski definition) is 2. The molecule has 1 heterocycles. The van der Waals surface area contributed by atoms with Crippen LogP contribution in [-0.4, -0.2) is 36.0 Å². The Kier molecular flexibility index (Phi) is 6.65. The zero-order valence-electron chi connectivity index (χ0n) is 15.6. The predicted octanol–water partition coefficient (Wildman–Crippen LogP) is 3.04. The third-order valence-corrected chi connectivity index (χ3v) is 4.48. The summed E-state index contributed by atoms with van der Waals surface area (Å²) in [7, 11) is -4.46. The minimum absolute atomic E-state index is 0.0233. The molecule has 0 saturated heterocycles. The quantitative estimate of drug-likeness (QED) is 0.562. The summed E-state index contributed by atoms with van der Waals surface area (Å²) in [6.07, 6.45) is 0. The van der Waals surface area contributed by atoms with Crippen LogP contribution in [0.1, 0.15) is 6.92 Å². The third-order valence-electron chi connectivity index (χ3n) is 3.38. The number of nitrogens with one attached hydrogen (secondary N) is 2. The largest absolute Gasteiger partial charge is 0.464 e. The summed E-state index contributed by atoms with van der Waals surface area (Å²) in [5.41, 5.74) is 0.656. The van der Waals surface area contributed by atoms with Crippen LogP contribution >= 0.6 is 11.6 Å². The van der Waals surface area contributed by atoms with Gasteiger partial charge in [0.25, 0.3) is 0 Å². The number of carbonyl (C=O) groups is 1. The Morgan fingerprint density at radius 3 is 2.40 bits per heavy atom. The summed E-state index contributed by atoms with van der Waals surface area (Å²) in [6.45, 7) is 2.03. The summed E-state index contributed by atoms with van der Waals surface area (Å²) in [6, 6.07) is 13.3. The molecular formula is C18H16ClN5O5S. The van der Waals surface area contributed by atoms with E-state index in [-0.39, 0.29) is 30.1 Å². The molecule has 0 aliphatic carbocycles. The van der Waals surface area contributed by atoms with Gasteiger partial charge in [0.05, 0.1) is 6.61 Å². The first-order valence-corrected chi connectivity index (χ1v) is 10.4. The molecule has 12 heteroatoms. The van der Waals surface area contributed by atoms with Crippen LogP contribution < -0.4 is 19.0 Å². The number of anilines is 1. The summed E-state index contributed by atoms with van der Waals surface area (Å²) in [4.78, 5) is 24.4. The minimum Gasteiger partial charge on any atom is -0.464 e. The second-order valence-electron chi connectivity index (χ2n) is 5.61. The number of aromatic nitrogens is 3. The van der Waals surface area contributed by atoms with Gasteiger partial charge < -0.3 is 8.92 Å². The summed E-state index contributed by atoms with van der Waals surface area (Å²) in [5.74, 6) is 0.0148. The van der Waals surface area contributed by atoms with Crippen LogP contribution in [0.25, 0.3) is 11.4 Å². The highest BCUT2D eigenvalue weighted by Gasteiger charge is 2.19. The van der Waals surface area contributed by atoms with Gasteiger partial charge in [0.2, 0.25) is 5.95 Å². The molecule has 0 saturated carbocycles. The van der Waals surface area contributed by atoms with Gasteiger partial charge in [-0.05, 0) is 31.2 Å². The van der Waals surface area contributed by atoms with E-state index >= 15 is 0 Å². The number of nitrogens with zero attached hydrogens (tertiary/aromatic N) is 3. The summed E-state index contributed by atoms with van der Waals surface area (Å²) < 4.78 is 35.9. The molecule has 0 aliphatic rings. The Morgan fingerprint density at radius 1 is 1.03 bits per heavy atom. The molecule has 156 valence electrons. The first kappa shape index (κ1) is 21.3. The molecule has 2 N–H and O–H groups in total. The fourth-order valence-corrected chi connectivity index (χ4v) is 3.01. The maximum absolute atomic E-state index is 12.1. The average molecular weight is 450 g/mol. The van der Waals surface area contributed by atoms with Gasteiger partial charge in [-0.25, -0.2) is 9.52 Å². The van der Waals surface area contributed by atoms with Crippen molar-refractivity contribution in [1.29, 1.82) is 0 Å². The van der Waals surface area contributed by atoms with Crippen molar-refractivity contribution < 1.29 is 22.1 Å². The average Bonchev–Trinajstić information content (AvgIpc) is 2.70. The fraction of sp³-hybridized carbons (Fsp3) is 0.111. The van der Waals surface area contributed by atoms with E-state index in [1.807, 2.05) is 6.07 Å². The van der Waals surface area contributed by atoms with E-state index in [2.05, 4.69) is 20.3 Å². The van der Waals surface area contributed by atoms with Gasteiger partial charge in [0.1, 0.15) is 5.75 Å². The lowest BCUT2D eigenvalue weighted by atomic mass is 10.2. The Morgan fingerprint density at radius 2 is 1.73 bits per heavy atom. The van der Waals surface area contributed by atoms with E-state index in [4.69, 9.17) is 20.5 Å². The molecule has 2 aromatic carbocycles. The Hall–Kier alpha value is -3.44. The van der Waals surface area contributed by atoms with Gasteiger partial charge in [-0.2, -0.15) is 23.4 Å². The fourth-order valence-electron chi connectivity index (χ4n) is 2.20. The van der Waals surface area contributed by atoms with Crippen LogP contribution in [0.4, 0.5) is 10.7 Å². The summed E-state index contributed by atoms with van der Waals surface area (Å²) >= 11 is 5.74. The van der Waals surface area contributed by atoms with Crippen molar-refractivity contribution in [2.24, 2.45) is 0 Å². The lowest BCUT2D eigenvalue weighted by Crippen LogP contribution is -2.37. The molecule has 3 rings (SSSR count).